The molecule has 3 rings (SSSR count). The second-order valence-corrected chi connectivity index (χ2v) is 4.96. The zero-order valence-corrected chi connectivity index (χ0v) is 11.2. The average molecular weight is 272 g/mol. The Labute approximate surface area is 116 Å². The predicted octanol–water partition coefficient (Wildman–Crippen LogP) is 1.36. The summed E-state index contributed by atoms with van der Waals surface area (Å²) in [4.78, 5) is 17.9. The van der Waals surface area contributed by atoms with Crippen molar-refractivity contribution in [3.05, 3.63) is 41.5 Å². The van der Waals surface area contributed by atoms with Crippen LogP contribution in [0, 0.1) is 6.92 Å². The Hall–Kier alpha value is -2.37. The lowest BCUT2D eigenvalue weighted by molar-refractivity contribution is -0.119. The van der Waals surface area contributed by atoms with E-state index in [1.54, 1.807) is 6.92 Å². The van der Waals surface area contributed by atoms with Crippen LogP contribution < -0.4 is 10.6 Å². The van der Waals surface area contributed by atoms with Gasteiger partial charge in [0, 0.05) is 12.2 Å². The van der Waals surface area contributed by atoms with Crippen molar-refractivity contribution in [3.8, 4) is 0 Å². The number of aryl methyl sites for hydroxylation is 1. The predicted molar refractivity (Wildman–Crippen MR) is 73.1 cm³/mol. The molecule has 0 saturated heterocycles. The number of carbonyl (C=O) groups is 1. The molecule has 0 saturated carbocycles. The van der Waals surface area contributed by atoms with Gasteiger partial charge in [0.15, 0.2) is 5.82 Å². The zero-order valence-electron chi connectivity index (χ0n) is 11.2. The monoisotopic (exact) mass is 272 g/mol. The van der Waals surface area contributed by atoms with E-state index in [1.165, 1.54) is 0 Å². The highest BCUT2D eigenvalue weighted by Gasteiger charge is 2.29. The van der Waals surface area contributed by atoms with Crippen LogP contribution in [0.3, 0.4) is 0 Å². The van der Waals surface area contributed by atoms with Crippen LogP contribution in [0.5, 0.6) is 0 Å². The van der Waals surface area contributed by atoms with Gasteiger partial charge in [-0.25, -0.2) is 0 Å². The molecule has 2 N–H and O–H groups in total. The van der Waals surface area contributed by atoms with Crippen LogP contribution in [0.1, 0.15) is 29.6 Å². The minimum absolute atomic E-state index is 0.216. The summed E-state index contributed by atoms with van der Waals surface area (Å²) < 4.78 is 5.16. The molecular formula is C14H16N4O2. The van der Waals surface area contributed by atoms with Crippen LogP contribution in [0.2, 0.25) is 0 Å². The molecule has 0 unspecified atom stereocenters. The molecule has 0 aliphatic carbocycles. The summed E-state index contributed by atoms with van der Waals surface area (Å²) in [6.45, 7) is 3.08. The van der Waals surface area contributed by atoms with Gasteiger partial charge in [-0.1, -0.05) is 23.4 Å². The van der Waals surface area contributed by atoms with E-state index in [0.29, 0.717) is 24.7 Å². The van der Waals surface area contributed by atoms with Gasteiger partial charge in [0.25, 0.3) is 0 Å². The number of hydrogen-bond acceptors (Lipinski definition) is 5. The molecule has 0 bridgehead atoms. The molecule has 1 aliphatic rings. The molecule has 20 heavy (non-hydrogen) atoms. The van der Waals surface area contributed by atoms with Gasteiger partial charge in [0.05, 0.1) is 12.5 Å². The fourth-order valence-corrected chi connectivity index (χ4v) is 2.66. The summed E-state index contributed by atoms with van der Waals surface area (Å²) in [6.07, 6.45) is 0.708. The number of nitrogens with two attached hydrogens (primary N) is 1. The molecule has 0 fully saturated rings. The Morgan fingerprint density at radius 3 is 3.00 bits per heavy atom. The van der Waals surface area contributed by atoms with E-state index in [4.69, 9.17) is 10.3 Å². The molecule has 2 aromatic rings. The summed E-state index contributed by atoms with van der Waals surface area (Å²) >= 11 is 0. The highest BCUT2D eigenvalue weighted by molar-refractivity contribution is 5.85. The third-order valence-corrected chi connectivity index (χ3v) is 3.58. The number of fused-ring (bicyclic) bond motifs is 1. The number of para-hydroxylation sites is 1. The maximum absolute atomic E-state index is 11.5. The maximum atomic E-state index is 11.5. The average Bonchev–Trinajstić information content (AvgIpc) is 2.84. The molecule has 1 amide bonds. The van der Waals surface area contributed by atoms with Crippen molar-refractivity contribution in [1.29, 1.82) is 0 Å². The smallest absolute Gasteiger partial charge is 0.246 e. The van der Waals surface area contributed by atoms with Crippen LogP contribution in [0.25, 0.3) is 0 Å². The fraction of sp³-hybridized carbons (Fsp3) is 0.357. The number of rotatable bonds is 3. The Kier molecular flexibility index (Phi) is 3.14. The molecule has 1 atom stereocenters. The molecule has 0 spiro atoms. The van der Waals surface area contributed by atoms with Crippen molar-refractivity contribution >= 4 is 11.6 Å². The van der Waals surface area contributed by atoms with Gasteiger partial charge >= 0.3 is 0 Å². The highest BCUT2D eigenvalue weighted by Crippen LogP contribution is 2.35. The Morgan fingerprint density at radius 1 is 1.50 bits per heavy atom. The number of carbonyl (C=O) groups excluding carboxylic acids is 1. The maximum Gasteiger partial charge on any atom is 0.246 e. The van der Waals surface area contributed by atoms with Crippen LogP contribution in [0.15, 0.2) is 28.8 Å². The third kappa shape index (κ3) is 2.24. The Morgan fingerprint density at radius 2 is 2.30 bits per heavy atom. The molecule has 2 heterocycles. The number of amides is 1. The van der Waals surface area contributed by atoms with E-state index in [0.717, 1.165) is 17.8 Å². The van der Waals surface area contributed by atoms with Crippen molar-refractivity contribution in [2.75, 3.05) is 11.4 Å². The molecule has 1 aromatic carbocycles. The van der Waals surface area contributed by atoms with E-state index in [1.807, 2.05) is 24.3 Å². The van der Waals surface area contributed by atoms with Crippen molar-refractivity contribution in [1.82, 2.24) is 10.1 Å². The first-order valence-electron chi connectivity index (χ1n) is 6.57. The first kappa shape index (κ1) is 12.7. The molecular weight excluding hydrogens is 256 g/mol. The third-order valence-electron chi connectivity index (χ3n) is 3.58. The first-order valence-corrected chi connectivity index (χ1v) is 6.57. The lowest BCUT2D eigenvalue weighted by Gasteiger charge is -2.33. The van der Waals surface area contributed by atoms with Crippen molar-refractivity contribution in [2.24, 2.45) is 5.73 Å². The van der Waals surface area contributed by atoms with E-state index in [9.17, 15) is 4.79 Å². The normalized spacial score (nSPS) is 17.9. The quantitative estimate of drug-likeness (QED) is 0.911. The standard InChI is InChI=1S/C14H16N4O2/c1-9-16-13(20-17-9)8-18-7-6-11(14(15)19)10-4-2-3-5-12(10)18/h2-5,11H,6-8H2,1H3,(H2,15,19)/t11-/m1/s1. The molecule has 0 radical (unpaired) electrons. The number of primary amides is 1. The molecule has 6 heteroatoms. The van der Waals surface area contributed by atoms with Crippen LogP contribution in [-0.2, 0) is 11.3 Å². The zero-order chi connectivity index (χ0) is 14.1. The van der Waals surface area contributed by atoms with Gasteiger partial charge in [-0.15, -0.1) is 0 Å². The Balaban J connectivity index is 1.90. The number of benzene rings is 1. The second-order valence-electron chi connectivity index (χ2n) is 4.96. The van der Waals surface area contributed by atoms with Gasteiger partial charge in [0.2, 0.25) is 11.8 Å². The fourth-order valence-electron chi connectivity index (χ4n) is 2.66. The van der Waals surface area contributed by atoms with Crippen molar-refractivity contribution in [2.45, 2.75) is 25.8 Å². The van der Waals surface area contributed by atoms with Gasteiger partial charge in [-0.2, -0.15) is 4.98 Å². The van der Waals surface area contributed by atoms with E-state index < -0.39 is 0 Å². The van der Waals surface area contributed by atoms with Gasteiger partial charge in [-0.05, 0) is 25.0 Å². The summed E-state index contributed by atoms with van der Waals surface area (Å²) in [6, 6.07) is 7.83. The lowest BCUT2D eigenvalue weighted by atomic mass is 9.89. The minimum Gasteiger partial charge on any atom is -0.369 e. The van der Waals surface area contributed by atoms with Crippen molar-refractivity contribution < 1.29 is 9.32 Å². The summed E-state index contributed by atoms with van der Waals surface area (Å²) in [7, 11) is 0. The first-order chi connectivity index (χ1) is 9.65. The van der Waals surface area contributed by atoms with Gasteiger partial charge < -0.3 is 15.2 Å². The lowest BCUT2D eigenvalue weighted by Crippen LogP contribution is -2.35. The number of nitrogens with zero attached hydrogens (tertiary/aromatic N) is 3. The number of aromatic nitrogens is 2. The topological polar surface area (TPSA) is 85.3 Å². The van der Waals surface area contributed by atoms with E-state index in [2.05, 4.69) is 15.0 Å². The number of hydrogen-bond donors (Lipinski definition) is 1. The van der Waals surface area contributed by atoms with Gasteiger partial charge in [-0.3, -0.25) is 4.79 Å². The molecule has 1 aromatic heterocycles. The van der Waals surface area contributed by atoms with Crippen LogP contribution in [-0.4, -0.2) is 22.6 Å². The van der Waals surface area contributed by atoms with Gasteiger partial charge in [0.1, 0.15) is 0 Å². The van der Waals surface area contributed by atoms with Crippen molar-refractivity contribution in [3.63, 3.8) is 0 Å². The second kappa shape index (κ2) is 4.96. The summed E-state index contributed by atoms with van der Waals surface area (Å²) in [5.74, 6) is 0.716. The highest BCUT2D eigenvalue weighted by atomic mass is 16.5. The Bertz CT molecular complexity index is 638. The number of anilines is 1. The van der Waals surface area contributed by atoms with E-state index >= 15 is 0 Å². The molecule has 104 valence electrons. The minimum atomic E-state index is -0.272. The van der Waals surface area contributed by atoms with E-state index in [-0.39, 0.29) is 11.8 Å². The molecule has 6 nitrogen and oxygen atoms in total. The summed E-state index contributed by atoms with van der Waals surface area (Å²) in [5.41, 5.74) is 7.47. The van der Waals surface area contributed by atoms with Crippen LogP contribution in [0.4, 0.5) is 5.69 Å². The van der Waals surface area contributed by atoms with Crippen LogP contribution >= 0.6 is 0 Å². The molecule has 1 aliphatic heterocycles. The largest absolute Gasteiger partial charge is 0.369 e. The summed E-state index contributed by atoms with van der Waals surface area (Å²) in [5, 5.41) is 3.79. The SMILES string of the molecule is Cc1noc(CN2CC[C@@H](C(N)=O)c3ccccc32)n1.